The molecule has 2 N–H and O–H groups in total. The first-order valence-corrected chi connectivity index (χ1v) is 9.05. The summed E-state index contributed by atoms with van der Waals surface area (Å²) in [6.07, 6.45) is 19.6. The van der Waals surface area contributed by atoms with Crippen LogP contribution in [0.3, 0.4) is 0 Å². The van der Waals surface area contributed by atoms with E-state index < -0.39 is 0 Å². The molecule has 1 saturated carbocycles. The van der Waals surface area contributed by atoms with Gasteiger partial charge in [-0.05, 0) is 43.9 Å². The third kappa shape index (κ3) is 7.64. The van der Waals surface area contributed by atoms with Crippen molar-refractivity contribution < 1.29 is 10.2 Å². The van der Waals surface area contributed by atoms with Crippen LogP contribution in [0.4, 0.5) is 0 Å². The lowest BCUT2D eigenvalue weighted by molar-refractivity contribution is 0.159. The Morgan fingerprint density at radius 1 is 0.550 bits per heavy atom. The fourth-order valence-electron chi connectivity index (χ4n) is 3.86. The van der Waals surface area contributed by atoms with Gasteiger partial charge in [-0.2, -0.15) is 0 Å². The van der Waals surface area contributed by atoms with E-state index in [1.807, 2.05) is 0 Å². The predicted molar refractivity (Wildman–Crippen MR) is 85.9 cm³/mol. The molecule has 0 aliphatic heterocycles. The molecule has 0 unspecified atom stereocenters. The van der Waals surface area contributed by atoms with Crippen molar-refractivity contribution in [2.75, 3.05) is 13.2 Å². The topological polar surface area (TPSA) is 40.5 Å². The summed E-state index contributed by atoms with van der Waals surface area (Å²) in [5.41, 5.74) is 0.589. The molecule has 0 atom stereocenters. The van der Waals surface area contributed by atoms with Gasteiger partial charge in [0.25, 0.3) is 0 Å². The van der Waals surface area contributed by atoms with Crippen LogP contribution in [0.5, 0.6) is 0 Å². The maximum Gasteiger partial charge on any atom is 0.0431 e. The van der Waals surface area contributed by atoms with Crippen LogP contribution in [0, 0.1) is 5.41 Å². The highest BCUT2D eigenvalue weighted by molar-refractivity contribution is 4.81. The molecule has 1 fully saturated rings. The zero-order valence-corrected chi connectivity index (χ0v) is 13.4. The van der Waals surface area contributed by atoms with Gasteiger partial charge in [0.2, 0.25) is 0 Å². The zero-order chi connectivity index (χ0) is 14.5. The smallest absolute Gasteiger partial charge is 0.0431 e. The molecule has 120 valence electrons. The fourth-order valence-corrected chi connectivity index (χ4v) is 3.86. The van der Waals surface area contributed by atoms with Crippen molar-refractivity contribution in [1.29, 1.82) is 0 Å². The van der Waals surface area contributed by atoms with Crippen molar-refractivity contribution in [2.45, 2.75) is 96.3 Å². The van der Waals surface area contributed by atoms with Crippen LogP contribution in [0.15, 0.2) is 0 Å². The Morgan fingerprint density at radius 2 is 1.00 bits per heavy atom. The average molecular weight is 284 g/mol. The Morgan fingerprint density at radius 3 is 1.45 bits per heavy atom. The van der Waals surface area contributed by atoms with Crippen molar-refractivity contribution >= 4 is 0 Å². The summed E-state index contributed by atoms with van der Waals surface area (Å²) in [6.45, 7) is 0.701. The molecule has 20 heavy (non-hydrogen) atoms. The van der Waals surface area contributed by atoms with Crippen molar-refractivity contribution in [2.24, 2.45) is 5.41 Å². The molecule has 0 radical (unpaired) electrons. The van der Waals surface area contributed by atoms with Crippen LogP contribution < -0.4 is 0 Å². The second-order valence-corrected chi connectivity index (χ2v) is 6.84. The lowest BCUT2D eigenvalue weighted by atomic mass is 9.69. The summed E-state index contributed by atoms with van der Waals surface area (Å²) in [7, 11) is 0. The van der Waals surface area contributed by atoms with E-state index in [2.05, 4.69) is 0 Å². The number of aliphatic hydroxyl groups is 2. The molecule has 0 aromatic carbocycles. The van der Waals surface area contributed by atoms with Gasteiger partial charge in [-0.15, -0.1) is 0 Å². The molecule has 2 heteroatoms. The molecule has 0 aromatic heterocycles. The highest BCUT2D eigenvalue weighted by atomic mass is 16.3. The molecule has 0 amide bonds. The maximum atomic E-state index is 8.93. The van der Waals surface area contributed by atoms with Gasteiger partial charge in [-0.3, -0.25) is 0 Å². The Labute approximate surface area is 126 Å². The summed E-state index contributed by atoms with van der Waals surface area (Å²) < 4.78 is 0. The van der Waals surface area contributed by atoms with E-state index in [4.69, 9.17) is 10.2 Å². The van der Waals surface area contributed by atoms with Crippen LogP contribution in [0.1, 0.15) is 96.3 Å². The fraction of sp³-hybridized carbons (Fsp3) is 1.00. The molecular formula is C18H36O2. The van der Waals surface area contributed by atoms with E-state index in [-0.39, 0.29) is 0 Å². The van der Waals surface area contributed by atoms with Gasteiger partial charge in [0.05, 0.1) is 0 Å². The standard InChI is InChI=1S/C18H36O2/c19-16-10-4-8-14-18(15-9-5-11-17-20)12-6-2-1-3-7-13-18/h19-20H,1-17H2. The summed E-state index contributed by atoms with van der Waals surface area (Å²) in [6, 6.07) is 0. The SMILES string of the molecule is OCCCCCC1(CCCCCO)CCCCCCC1. The van der Waals surface area contributed by atoms with Crippen molar-refractivity contribution in [3.63, 3.8) is 0 Å². The normalized spacial score (nSPS) is 19.5. The van der Waals surface area contributed by atoms with E-state index in [1.54, 1.807) is 0 Å². The van der Waals surface area contributed by atoms with Gasteiger partial charge in [-0.25, -0.2) is 0 Å². The quantitative estimate of drug-likeness (QED) is 0.564. The van der Waals surface area contributed by atoms with E-state index in [0.29, 0.717) is 18.6 Å². The number of aliphatic hydroxyl groups excluding tert-OH is 2. The molecule has 1 rings (SSSR count). The van der Waals surface area contributed by atoms with Gasteiger partial charge < -0.3 is 10.2 Å². The lowest BCUT2D eigenvalue weighted by Crippen LogP contribution is -2.22. The van der Waals surface area contributed by atoms with E-state index in [0.717, 1.165) is 12.8 Å². The van der Waals surface area contributed by atoms with E-state index in [9.17, 15) is 0 Å². The largest absolute Gasteiger partial charge is 0.396 e. The molecule has 0 spiro atoms. The van der Waals surface area contributed by atoms with E-state index >= 15 is 0 Å². The lowest BCUT2D eigenvalue weighted by Gasteiger charge is -2.36. The van der Waals surface area contributed by atoms with Crippen LogP contribution in [0.25, 0.3) is 0 Å². The Kier molecular flexibility index (Phi) is 10.4. The van der Waals surface area contributed by atoms with Crippen LogP contribution >= 0.6 is 0 Å². The van der Waals surface area contributed by atoms with Crippen molar-refractivity contribution in [3.05, 3.63) is 0 Å². The zero-order valence-electron chi connectivity index (χ0n) is 13.4. The van der Waals surface area contributed by atoms with E-state index in [1.165, 1.54) is 83.5 Å². The number of hydrogen-bond acceptors (Lipinski definition) is 2. The Bertz CT molecular complexity index is 193. The van der Waals surface area contributed by atoms with Crippen LogP contribution in [-0.2, 0) is 0 Å². The van der Waals surface area contributed by atoms with Gasteiger partial charge in [0, 0.05) is 13.2 Å². The molecule has 0 heterocycles. The molecule has 1 aliphatic carbocycles. The molecule has 1 aliphatic rings. The summed E-state index contributed by atoms with van der Waals surface area (Å²) in [4.78, 5) is 0. The first-order chi connectivity index (χ1) is 9.83. The third-order valence-corrected chi connectivity index (χ3v) is 5.14. The Hall–Kier alpha value is -0.0800. The van der Waals surface area contributed by atoms with Gasteiger partial charge >= 0.3 is 0 Å². The highest BCUT2D eigenvalue weighted by Crippen LogP contribution is 2.43. The monoisotopic (exact) mass is 284 g/mol. The minimum absolute atomic E-state index is 0.351. The molecule has 0 saturated heterocycles. The molecular weight excluding hydrogens is 248 g/mol. The summed E-state index contributed by atoms with van der Waals surface area (Å²) in [5, 5.41) is 17.9. The second-order valence-electron chi connectivity index (χ2n) is 6.84. The maximum absolute atomic E-state index is 8.93. The van der Waals surface area contributed by atoms with Crippen molar-refractivity contribution in [1.82, 2.24) is 0 Å². The molecule has 2 nitrogen and oxygen atoms in total. The first-order valence-electron chi connectivity index (χ1n) is 9.05. The minimum atomic E-state index is 0.351. The minimum Gasteiger partial charge on any atom is -0.396 e. The van der Waals surface area contributed by atoms with Crippen molar-refractivity contribution in [3.8, 4) is 0 Å². The van der Waals surface area contributed by atoms with Gasteiger partial charge in [0.1, 0.15) is 0 Å². The average Bonchev–Trinajstić information content (AvgIpc) is 2.43. The highest BCUT2D eigenvalue weighted by Gasteiger charge is 2.28. The number of rotatable bonds is 10. The van der Waals surface area contributed by atoms with Crippen LogP contribution in [-0.4, -0.2) is 23.4 Å². The Balaban J connectivity index is 2.41. The molecule has 0 bridgehead atoms. The molecule has 0 aromatic rings. The van der Waals surface area contributed by atoms with Gasteiger partial charge in [-0.1, -0.05) is 57.8 Å². The van der Waals surface area contributed by atoms with Crippen LogP contribution in [0.2, 0.25) is 0 Å². The predicted octanol–water partition coefficient (Wildman–Crippen LogP) is 4.82. The second kappa shape index (κ2) is 11.6. The summed E-state index contributed by atoms with van der Waals surface area (Å²) >= 11 is 0. The number of hydrogen-bond donors (Lipinski definition) is 2. The van der Waals surface area contributed by atoms with Gasteiger partial charge in [0.15, 0.2) is 0 Å². The third-order valence-electron chi connectivity index (χ3n) is 5.14. The first kappa shape index (κ1) is 18.0. The summed E-state index contributed by atoms with van der Waals surface area (Å²) in [5.74, 6) is 0. The number of unbranched alkanes of at least 4 members (excludes halogenated alkanes) is 4.